The molecule has 2 rings (SSSR count). The number of hydrogen-bond acceptors (Lipinski definition) is 3. The molecular formula is C13H16O3. The Morgan fingerprint density at radius 3 is 2.69 bits per heavy atom. The lowest BCUT2D eigenvalue weighted by Gasteiger charge is -2.08. The molecule has 0 amide bonds. The van der Waals surface area contributed by atoms with Crippen molar-refractivity contribution in [3.8, 4) is 0 Å². The molecule has 0 spiro atoms. The number of ketones is 1. The largest absolute Gasteiger partial charge is 0.350 e. The van der Waals surface area contributed by atoms with Gasteiger partial charge in [-0.3, -0.25) is 4.79 Å². The van der Waals surface area contributed by atoms with Crippen LogP contribution in [0, 0.1) is 6.92 Å². The average molecular weight is 220 g/mol. The summed E-state index contributed by atoms with van der Waals surface area (Å²) in [6, 6.07) is 7.94. The molecule has 0 saturated carbocycles. The van der Waals surface area contributed by atoms with Gasteiger partial charge in [-0.25, -0.2) is 0 Å². The number of carbonyl (C=O) groups is 1. The number of rotatable bonds is 4. The molecule has 3 heteroatoms. The molecule has 86 valence electrons. The van der Waals surface area contributed by atoms with E-state index < -0.39 is 0 Å². The third-order valence-corrected chi connectivity index (χ3v) is 2.73. The van der Waals surface area contributed by atoms with Gasteiger partial charge in [0, 0.05) is 6.42 Å². The SMILES string of the molecule is Cc1ccccc1CC(=O)CC1OCCO1. The number of hydrogen-bond donors (Lipinski definition) is 0. The summed E-state index contributed by atoms with van der Waals surface area (Å²) in [4.78, 5) is 11.8. The van der Waals surface area contributed by atoms with Crippen molar-refractivity contribution >= 4 is 5.78 Å². The monoisotopic (exact) mass is 220 g/mol. The van der Waals surface area contributed by atoms with Gasteiger partial charge in [0.25, 0.3) is 0 Å². The number of aryl methyl sites for hydroxylation is 1. The minimum atomic E-state index is -0.323. The summed E-state index contributed by atoms with van der Waals surface area (Å²) in [5.41, 5.74) is 2.25. The molecule has 1 aromatic carbocycles. The van der Waals surface area contributed by atoms with Gasteiger partial charge in [-0.05, 0) is 18.1 Å². The Morgan fingerprint density at radius 1 is 1.31 bits per heavy atom. The summed E-state index contributed by atoms with van der Waals surface area (Å²) in [5.74, 6) is 0.168. The van der Waals surface area contributed by atoms with Crippen molar-refractivity contribution in [3.05, 3.63) is 35.4 Å². The van der Waals surface area contributed by atoms with E-state index in [0.29, 0.717) is 26.1 Å². The molecule has 1 heterocycles. The predicted molar refractivity (Wildman–Crippen MR) is 60.2 cm³/mol. The third-order valence-electron chi connectivity index (χ3n) is 2.73. The fraction of sp³-hybridized carbons (Fsp3) is 0.462. The molecule has 0 unspecified atom stereocenters. The van der Waals surface area contributed by atoms with E-state index in [4.69, 9.17) is 9.47 Å². The minimum Gasteiger partial charge on any atom is -0.350 e. The fourth-order valence-corrected chi connectivity index (χ4v) is 1.80. The van der Waals surface area contributed by atoms with Crippen LogP contribution in [0.5, 0.6) is 0 Å². The predicted octanol–water partition coefficient (Wildman–Crippen LogP) is 1.87. The Hall–Kier alpha value is -1.19. The van der Waals surface area contributed by atoms with Gasteiger partial charge in [-0.15, -0.1) is 0 Å². The van der Waals surface area contributed by atoms with Gasteiger partial charge in [0.2, 0.25) is 0 Å². The van der Waals surface area contributed by atoms with E-state index in [1.165, 1.54) is 0 Å². The van der Waals surface area contributed by atoms with Crippen molar-refractivity contribution in [2.45, 2.75) is 26.1 Å². The molecule has 0 atom stereocenters. The Balaban J connectivity index is 1.89. The summed E-state index contributed by atoms with van der Waals surface area (Å²) >= 11 is 0. The Morgan fingerprint density at radius 2 is 2.00 bits per heavy atom. The van der Waals surface area contributed by atoms with Crippen LogP contribution >= 0.6 is 0 Å². The van der Waals surface area contributed by atoms with E-state index in [2.05, 4.69) is 0 Å². The molecule has 0 aromatic heterocycles. The molecule has 3 nitrogen and oxygen atoms in total. The zero-order chi connectivity index (χ0) is 11.4. The summed E-state index contributed by atoms with van der Waals surface area (Å²) in [5, 5.41) is 0. The van der Waals surface area contributed by atoms with Crippen molar-refractivity contribution in [2.24, 2.45) is 0 Å². The smallest absolute Gasteiger partial charge is 0.164 e. The maximum Gasteiger partial charge on any atom is 0.164 e. The van der Waals surface area contributed by atoms with Crippen molar-refractivity contribution in [1.29, 1.82) is 0 Å². The molecule has 1 aromatic rings. The van der Waals surface area contributed by atoms with Gasteiger partial charge < -0.3 is 9.47 Å². The second-order valence-corrected chi connectivity index (χ2v) is 4.02. The lowest BCUT2D eigenvalue weighted by Crippen LogP contribution is -2.16. The third kappa shape index (κ3) is 2.90. The highest BCUT2D eigenvalue weighted by Crippen LogP contribution is 2.13. The van der Waals surface area contributed by atoms with E-state index in [1.807, 2.05) is 31.2 Å². The first-order valence-corrected chi connectivity index (χ1v) is 5.55. The zero-order valence-corrected chi connectivity index (χ0v) is 9.44. The van der Waals surface area contributed by atoms with Crippen LogP contribution < -0.4 is 0 Å². The van der Waals surface area contributed by atoms with Gasteiger partial charge >= 0.3 is 0 Å². The fourth-order valence-electron chi connectivity index (χ4n) is 1.80. The van der Waals surface area contributed by atoms with Crippen LogP contribution in [0.1, 0.15) is 17.5 Å². The van der Waals surface area contributed by atoms with Gasteiger partial charge in [0.05, 0.1) is 19.6 Å². The van der Waals surface area contributed by atoms with Crippen LogP contribution in [-0.2, 0) is 20.7 Å². The van der Waals surface area contributed by atoms with Crippen molar-refractivity contribution < 1.29 is 14.3 Å². The Kier molecular flexibility index (Phi) is 3.70. The number of Topliss-reactive ketones (excluding diaryl/α,β-unsaturated/α-hetero) is 1. The number of ether oxygens (including phenoxy) is 2. The Bertz CT molecular complexity index is 367. The van der Waals surface area contributed by atoms with Crippen LogP contribution in [0.25, 0.3) is 0 Å². The van der Waals surface area contributed by atoms with Gasteiger partial charge in [0.1, 0.15) is 5.78 Å². The highest BCUT2D eigenvalue weighted by Gasteiger charge is 2.19. The van der Waals surface area contributed by atoms with E-state index in [9.17, 15) is 4.79 Å². The second kappa shape index (κ2) is 5.23. The van der Waals surface area contributed by atoms with E-state index in [0.717, 1.165) is 11.1 Å². The first-order chi connectivity index (χ1) is 7.75. The standard InChI is InChI=1S/C13H16O3/c1-10-4-2-3-5-11(10)8-12(14)9-13-15-6-7-16-13/h2-5,13H,6-9H2,1H3. The van der Waals surface area contributed by atoms with Crippen LogP contribution in [0.3, 0.4) is 0 Å². The summed E-state index contributed by atoms with van der Waals surface area (Å²) in [7, 11) is 0. The molecule has 1 aliphatic heterocycles. The van der Waals surface area contributed by atoms with E-state index in [1.54, 1.807) is 0 Å². The van der Waals surface area contributed by atoms with Crippen molar-refractivity contribution in [2.75, 3.05) is 13.2 Å². The maximum absolute atomic E-state index is 11.8. The van der Waals surface area contributed by atoms with Crippen LogP contribution in [0.15, 0.2) is 24.3 Å². The lowest BCUT2D eigenvalue weighted by atomic mass is 10.0. The van der Waals surface area contributed by atoms with Crippen molar-refractivity contribution in [3.63, 3.8) is 0 Å². The first kappa shape index (κ1) is 11.3. The summed E-state index contributed by atoms with van der Waals surface area (Å²) in [6.07, 6.45) is 0.501. The van der Waals surface area contributed by atoms with Gasteiger partial charge in [0.15, 0.2) is 6.29 Å². The molecule has 0 N–H and O–H groups in total. The minimum absolute atomic E-state index is 0.168. The molecule has 16 heavy (non-hydrogen) atoms. The van der Waals surface area contributed by atoms with E-state index >= 15 is 0 Å². The first-order valence-electron chi connectivity index (χ1n) is 5.55. The molecule has 1 aliphatic rings. The highest BCUT2D eigenvalue weighted by molar-refractivity contribution is 5.81. The average Bonchev–Trinajstić information content (AvgIpc) is 2.74. The van der Waals surface area contributed by atoms with E-state index in [-0.39, 0.29) is 12.1 Å². The quantitative estimate of drug-likeness (QED) is 0.777. The molecular weight excluding hydrogens is 204 g/mol. The molecule has 0 radical (unpaired) electrons. The molecule has 1 saturated heterocycles. The summed E-state index contributed by atoms with van der Waals surface area (Å²) < 4.78 is 10.5. The van der Waals surface area contributed by atoms with Crippen LogP contribution in [0.4, 0.5) is 0 Å². The van der Waals surface area contributed by atoms with Crippen LogP contribution in [0.2, 0.25) is 0 Å². The molecule has 1 fully saturated rings. The molecule has 0 bridgehead atoms. The van der Waals surface area contributed by atoms with Crippen LogP contribution in [-0.4, -0.2) is 25.3 Å². The normalized spacial score (nSPS) is 16.6. The lowest BCUT2D eigenvalue weighted by molar-refractivity contribution is -0.126. The number of benzene rings is 1. The van der Waals surface area contributed by atoms with Crippen molar-refractivity contribution in [1.82, 2.24) is 0 Å². The highest BCUT2D eigenvalue weighted by atomic mass is 16.7. The van der Waals surface area contributed by atoms with Gasteiger partial charge in [-0.2, -0.15) is 0 Å². The molecule has 0 aliphatic carbocycles. The summed E-state index contributed by atoms with van der Waals surface area (Å²) in [6.45, 7) is 3.22. The maximum atomic E-state index is 11.8. The topological polar surface area (TPSA) is 35.5 Å². The Labute approximate surface area is 95.4 Å². The zero-order valence-electron chi connectivity index (χ0n) is 9.44. The van der Waals surface area contributed by atoms with Gasteiger partial charge in [-0.1, -0.05) is 24.3 Å². The second-order valence-electron chi connectivity index (χ2n) is 4.02. The number of carbonyl (C=O) groups excluding carboxylic acids is 1.